The Hall–Kier alpha value is -3.35. The van der Waals surface area contributed by atoms with E-state index in [2.05, 4.69) is 9.88 Å². The highest BCUT2D eigenvalue weighted by Gasteiger charge is 2.22. The molecule has 7 heteroatoms. The first-order valence-electron chi connectivity index (χ1n) is 9.59. The third kappa shape index (κ3) is 4.08. The zero-order valence-corrected chi connectivity index (χ0v) is 16.6. The van der Waals surface area contributed by atoms with Gasteiger partial charge in [-0.25, -0.2) is 9.78 Å². The molecule has 0 radical (unpaired) electrons. The molecule has 0 unspecified atom stereocenters. The Morgan fingerprint density at radius 3 is 2.62 bits per heavy atom. The second kappa shape index (κ2) is 7.95. The minimum Gasteiger partial charge on any atom is -0.481 e. The summed E-state index contributed by atoms with van der Waals surface area (Å²) in [6, 6.07) is 10.9. The van der Waals surface area contributed by atoms with Crippen LogP contribution in [0.2, 0.25) is 0 Å². The Balaban J connectivity index is 1.44. The van der Waals surface area contributed by atoms with Gasteiger partial charge in [-0.15, -0.1) is 0 Å². The van der Waals surface area contributed by atoms with Crippen molar-refractivity contribution < 1.29 is 13.9 Å². The third-order valence-corrected chi connectivity index (χ3v) is 5.25. The van der Waals surface area contributed by atoms with Crippen molar-refractivity contribution in [3.8, 4) is 5.88 Å². The number of piperazine rings is 1. The number of carbonyl (C=O) groups is 1. The fraction of sp³-hybridized carbons (Fsp3) is 0.318. The minimum atomic E-state index is -0.428. The second-order valence-electron chi connectivity index (χ2n) is 7.19. The van der Waals surface area contributed by atoms with Crippen LogP contribution in [0.1, 0.15) is 11.1 Å². The molecule has 1 amide bonds. The smallest absolute Gasteiger partial charge is 0.336 e. The van der Waals surface area contributed by atoms with Crippen LogP contribution in [0.3, 0.4) is 0 Å². The van der Waals surface area contributed by atoms with Crippen molar-refractivity contribution in [3.05, 3.63) is 64.1 Å². The fourth-order valence-electron chi connectivity index (χ4n) is 3.65. The van der Waals surface area contributed by atoms with E-state index in [9.17, 15) is 9.59 Å². The van der Waals surface area contributed by atoms with Crippen molar-refractivity contribution in [2.75, 3.05) is 38.2 Å². The van der Waals surface area contributed by atoms with Gasteiger partial charge < -0.3 is 19.0 Å². The van der Waals surface area contributed by atoms with Crippen molar-refractivity contribution in [2.24, 2.45) is 0 Å². The normalized spacial score (nSPS) is 14.3. The Labute approximate surface area is 168 Å². The van der Waals surface area contributed by atoms with Crippen molar-refractivity contribution in [2.45, 2.75) is 13.3 Å². The number of fused-ring (bicyclic) bond motifs is 1. The highest BCUT2D eigenvalue weighted by molar-refractivity contribution is 5.87. The van der Waals surface area contributed by atoms with Crippen LogP contribution in [0.15, 0.2) is 51.8 Å². The number of aromatic nitrogens is 1. The first-order valence-corrected chi connectivity index (χ1v) is 9.59. The number of benzene rings is 1. The van der Waals surface area contributed by atoms with Crippen molar-refractivity contribution in [3.63, 3.8) is 0 Å². The predicted octanol–water partition coefficient (Wildman–Crippen LogP) is 2.40. The number of amides is 1. The fourth-order valence-corrected chi connectivity index (χ4v) is 3.65. The van der Waals surface area contributed by atoms with Crippen LogP contribution in [-0.4, -0.2) is 49.1 Å². The molecule has 2 aromatic heterocycles. The van der Waals surface area contributed by atoms with E-state index in [0.717, 1.165) is 29.7 Å². The van der Waals surface area contributed by atoms with Crippen molar-refractivity contribution in [1.82, 2.24) is 9.88 Å². The van der Waals surface area contributed by atoms with Gasteiger partial charge >= 0.3 is 5.63 Å². The molecular formula is C22H23N3O4. The number of hydrogen-bond donors (Lipinski definition) is 0. The van der Waals surface area contributed by atoms with E-state index in [4.69, 9.17) is 9.15 Å². The van der Waals surface area contributed by atoms with Gasteiger partial charge in [-0.05, 0) is 30.2 Å². The lowest BCUT2D eigenvalue weighted by Gasteiger charge is -2.36. The summed E-state index contributed by atoms with van der Waals surface area (Å²) in [4.78, 5) is 33.1. The molecule has 0 N–H and O–H groups in total. The number of anilines is 1. The quantitative estimate of drug-likeness (QED) is 0.634. The lowest BCUT2D eigenvalue weighted by atomic mass is 10.0. The van der Waals surface area contributed by atoms with Crippen LogP contribution in [0.4, 0.5) is 5.69 Å². The predicted molar refractivity (Wildman–Crippen MR) is 111 cm³/mol. The molecule has 29 heavy (non-hydrogen) atoms. The Kier molecular flexibility index (Phi) is 5.20. The molecule has 0 atom stereocenters. The maximum atomic E-state index is 12.9. The number of ether oxygens (including phenoxy) is 1. The number of methoxy groups -OCH3 is 1. The van der Waals surface area contributed by atoms with Gasteiger partial charge in [-0.2, -0.15) is 0 Å². The van der Waals surface area contributed by atoms with Gasteiger partial charge in [0.1, 0.15) is 5.58 Å². The topological polar surface area (TPSA) is 75.9 Å². The Morgan fingerprint density at radius 1 is 1.14 bits per heavy atom. The molecule has 0 aliphatic carbocycles. The van der Waals surface area contributed by atoms with E-state index in [1.54, 1.807) is 13.3 Å². The summed E-state index contributed by atoms with van der Waals surface area (Å²) >= 11 is 0. The van der Waals surface area contributed by atoms with Gasteiger partial charge in [0, 0.05) is 43.7 Å². The molecule has 1 saturated heterocycles. The number of pyridine rings is 1. The zero-order chi connectivity index (χ0) is 20.4. The summed E-state index contributed by atoms with van der Waals surface area (Å²) in [6.45, 7) is 4.66. The van der Waals surface area contributed by atoms with Crippen molar-refractivity contribution >= 4 is 22.6 Å². The molecule has 0 saturated carbocycles. The number of hydrogen-bond acceptors (Lipinski definition) is 6. The van der Waals surface area contributed by atoms with Gasteiger partial charge in [0.25, 0.3) is 0 Å². The van der Waals surface area contributed by atoms with Crippen molar-refractivity contribution in [1.29, 1.82) is 0 Å². The molecular weight excluding hydrogens is 370 g/mol. The summed E-state index contributed by atoms with van der Waals surface area (Å²) in [5, 5.41) is 0.812. The number of nitrogens with zero attached hydrogens (tertiary/aromatic N) is 3. The van der Waals surface area contributed by atoms with Gasteiger partial charge in [-0.3, -0.25) is 4.79 Å². The van der Waals surface area contributed by atoms with Crippen LogP contribution in [0.25, 0.3) is 11.0 Å². The van der Waals surface area contributed by atoms with Crippen LogP contribution in [0.5, 0.6) is 5.88 Å². The minimum absolute atomic E-state index is 0.0185. The summed E-state index contributed by atoms with van der Waals surface area (Å²) < 4.78 is 10.4. The first-order chi connectivity index (χ1) is 14.0. The van der Waals surface area contributed by atoms with Gasteiger partial charge in [0.15, 0.2) is 0 Å². The standard InChI is InChI=1S/C22H23N3O4/c1-15-3-5-18-16(13-22(27)29-19(18)11-15)12-21(26)25-9-7-24(8-10-25)17-4-6-20(28-2)23-14-17/h3-6,11,13-14H,7-10,12H2,1-2H3. The molecule has 1 aromatic carbocycles. The molecule has 1 aliphatic heterocycles. The zero-order valence-electron chi connectivity index (χ0n) is 16.6. The average Bonchev–Trinajstić information content (AvgIpc) is 2.73. The van der Waals surface area contributed by atoms with Crippen LogP contribution in [0, 0.1) is 6.92 Å². The highest BCUT2D eigenvalue weighted by atomic mass is 16.5. The Bertz CT molecular complexity index is 1080. The molecule has 7 nitrogen and oxygen atoms in total. The first kappa shape index (κ1) is 19.0. The number of aryl methyl sites for hydroxylation is 1. The van der Waals surface area contributed by atoms with E-state index in [0.29, 0.717) is 30.1 Å². The van der Waals surface area contributed by atoms with Crippen LogP contribution >= 0.6 is 0 Å². The molecule has 150 valence electrons. The summed E-state index contributed by atoms with van der Waals surface area (Å²) in [5.74, 6) is 0.599. The SMILES string of the molecule is COc1ccc(N2CCN(C(=O)Cc3cc(=O)oc4cc(C)ccc34)CC2)cn1. The third-order valence-electron chi connectivity index (χ3n) is 5.25. The average molecular weight is 393 g/mol. The largest absolute Gasteiger partial charge is 0.481 e. The van der Waals surface area contributed by atoms with Crippen LogP contribution < -0.4 is 15.3 Å². The maximum absolute atomic E-state index is 12.9. The van der Waals surface area contributed by atoms with Gasteiger partial charge in [-0.1, -0.05) is 12.1 Å². The maximum Gasteiger partial charge on any atom is 0.336 e. The molecule has 1 aliphatic rings. The van der Waals surface area contributed by atoms with Gasteiger partial charge in [0.2, 0.25) is 11.8 Å². The van der Waals surface area contributed by atoms with E-state index in [1.165, 1.54) is 6.07 Å². The molecule has 0 spiro atoms. The van der Waals surface area contributed by atoms with E-state index < -0.39 is 5.63 Å². The molecule has 3 heterocycles. The number of rotatable bonds is 4. The number of carbonyl (C=O) groups excluding carboxylic acids is 1. The van der Waals surface area contributed by atoms with E-state index >= 15 is 0 Å². The second-order valence-corrected chi connectivity index (χ2v) is 7.19. The van der Waals surface area contributed by atoms with E-state index in [1.807, 2.05) is 42.2 Å². The molecule has 0 bridgehead atoms. The van der Waals surface area contributed by atoms with Crippen LogP contribution in [-0.2, 0) is 11.2 Å². The lowest BCUT2D eigenvalue weighted by molar-refractivity contribution is -0.130. The lowest BCUT2D eigenvalue weighted by Crippen LogP contribution is -2.49. The molecule has 4 rings (SSSR count). The summed E-state index contributed by atoms with van der Waals surface area (Å²) in [6.07, 6.45) is 1.98. The summed E-state index contributed by atoms with van der Waals surface area (Å²) in [7, 11) is 1.59. The highest BCUT2D eigenvalue weighted by Crippen LogP contribution is 2.21. The van der Waals surface area contributed by atoms with Gasteiger partial charge in [0.05, 0.1) is 25.4 Å². The van der Waals surface area contributed by atoms with E-state index in [-0.39, 0.29) is 12.3 Å². The summed E-state index contributed by atoms with van der Waals surface area (Å²) in [5.41, 5.74) is 2.83. The Morgan fingerprint density at radius 2 is 1.93 bits per heavy atom. The monoisotopic (exact) mass is 393 g/mol. The molecule has 1 fully saturated rings. The molecule has 3 aromatic rings.